The van der Waals surface area contributed by atoms with E-state index < -0.39 is 66.2 Å². The number of nitrogens with two attached hydrogens (primary N) is 2. The second-order valence-corrected chi connectivity index (χ2v) is 9.19. The Morgan fingerprint density at radius 2 is 1.43 bits per heavy atom. The van der Waals surface area contributed by atoms with E-state index in [4.69, 9.17) is 16.6 Å². The van der Waals surface area contributed by atoms with Gasteiger partial charge >= 0.3 is 11.9 Å². The number of nitrogens with one attached hydrogen (secondary N) is 3. The van der Waals surface area contributed by atoms with E-state index in [0.29, 0.717) is 11.3 Å². The second-order valence-electron chi connectivity index (χ2n) is 8.20. The van der Waals surface area contributed by atoms with Crippen LogP contribution in [0.25, 0.3) is 0 Å². The molecule has 0 fully saturated rings. The molecule has 0 saturated heterocycles. The lowest BCUT2D eigenvalue weighted by Gasteiger charge is -2.25. The minimum absolute atomic E-state index is 0.0113. The maximum atomic E-state index is 13.0. The van der Waals surface area contributed by atoms with E-state index in [-0.39, 0.29) is 25.7 Å². The molecule has 204 valence electrons. The summed E-state index contributed by atoms with van der Waals surface area (Å²) in [6, 6.07) is 3.40. The topological polar surface area (TPSA) is 231 Å². The molecule has 0 aliphatic heterocycles. The average molecular weight is 540 g/mol. The van der Waals surface area contributed by atoms with E-state index in [1.807, 2.05) is 0 Å². The van der Waals surface area contributed by atoms with E-state index in [1.165, 1.54) is 11.8 Å². The van der Waals surface area contributed by atoms with Crippen LogP contribution in [-0.4, -0.2) is 82.0 Å². The van der Waals surface area contributed by atoms with Crippen LogP contribution in [-0.2, 0) is 35.2 Å². The molecule has 1 aromatic carbocycles. The van der Waals surface area contributed by atoms with E-state index in [2.05, 4.69) is 16.0 Å². The van der Waals surface area contributed by atoms with Gasteiger partial charge in [-0.1, -0.05) is 30.3 Å². The highest BCUT2D eigenvalue weighted by Crippen LogP contribution is 2.07. The SMILES string of the molecule is CSCCC(NC(=O)C(Cc1ccccc1)NC(=O)C(CC(N)=O)NC(=O)C(N)CCC(=O)O)C(=O)O. The van der Waals surface area contributed by atoms with Crippen LogP contribution in [0.15, 0.2) is 30.3 Å². The summed E-state index contributed by atoms with van der Waals surface area (Å²) in [5, 5.41) is 25.4. The standard InChI is InChI=1S/C23H33N5O8S/c1-37-10-9-15(23(35)36)26-21(33)16(11-13-5-3-2-4-6-13)28-22(34)17(12-18(25)29)27-20(32)14(24)7-8-19(30)31/h2-6,14-17H,7-12,24H2,1H3,(H2,25,29)(H,26,33)(H,27,32)(H,28,34)(H,30,31)(H,35,36). The zero-order chi connectivity index (χ0) is 28.0. The number of amides is 4. The predicted octanol–water partition coefficient (Wildman–Crippen LogP) is -1.41. The summed E-state index contributed by atoms with van der Waals surface area (Å²) in [6.45, 7) is 0. The first-order valence-corrected chi connectivity index (χ1v) is 12.8. The average Bonchev–Trinajstić information content (AvgIpc) is 2.84. The molecular weight excluding hydrogens is 506 g/mol. The number of primary amides is 1. The van der Waals surface area contributed by atoms with Gasteiger partial charge in [0.2, 0.25) is 23.6 Å². The summed E-state index contributed by atoms with van der Waals surface area (Å²) >= 11 is 1.41. The molecule has 1 aromatic rings. The second kappa shape index (κ2) is 16.2. The van der Waals surface area contributed by atoms with Crippen LogP contribution in [0.5, 0.6) is 0 Å². The lowest BCUT2D eigenvalue weighted by atomic mass is 10.0. The summed E-state index contributed by atoms with van der Waals surface area (Å²) in [7, 11) is 0. The van der Waals surface area contributed by atoms with Crippen molar-refractivity contribution < 1.29 is 39.0 Å². The van der Waals surface area contributed by atoms with Gasteiger partial charge < -0.3 is 37.6 Å². The van der Waals surface area contributed by atoms with Gasteiger partial charge in [-0.25, -0.2) is 4.79 Å². The lowest BCUT2D eigenvalue weighted by Crippen LogP contribution is -2.58. The van der Waals surface area contributed by atoms with Crippen molar-refractivity contribution in [1.82, 2.24) is 16.0 Å². The first-order valence-electron chi connectivity index (χ1n) is 11.4. The van der Waals surface area contributed by atoms with Gasteiger partial charge in [0.05, 0.1) is 12.5 Å². The number of thioether (sulfide) groups is 1. The van der Waals surface area contributed by atoms with Crippen LogP contribution in [0.1, 0.15) is 31.2 Å². The highest BCUT2D eigenvalue weighted by Gasteiger charge is 2.31. The third kappa shape index (κ3) is 12.2. The fraction of sp³-hybridized carbons (Fsp3) is 0.478. The molecule has 0 saturated carbocycles. The summed E-state index contributed by atoms with van der Waals surface area (Å²) in [6.07, 6.45) is 0.722. The van der Waals surface area contributed by atoms with Crippen LogP contribution < -0.4 is 27.4 Å². The van der Waals surface area contributed by atoms with Crippen molar-refractivity contribution in [3.63, 3.8) is 0 Å². The molecule has 4 unspecified atom stereocenters. The van der Waals surface area contributed by atoms with Crippen molar-refractivity contribution >= 4 is 47.3 Å². The minimum Gasteiger partial charge on any atom is -0.481 e. The van der Waals surface area contributed by atoms with Gasteiger partial charge in [0.15, 0.2) is 0 Å². The molecule has 1 rings (SSSR count). The zero-order valence-corrected chi connectivity index (χ0v) is 21.2. The Morgan fingerprint density at radius 3 is 1.97 bits per heavy atom. The van der Waals surface area contributed by atoms with Gasteiger partial charge in [0, 0.05) is 12.8 Å². The van der Waals surface area contributed by atoms with Gasteiger partial charge in [-0.15, -0.1) is 0 Å². The Labute approximate surface area is 218 Å². The number of hydrogen-bond acceptors (Lipinski definition) is 8. The third-order valence-corrected chi connectivity index (χ3v) is 5.83. The van der Waals surface area contributed by atoms with Gasteiger partial charge in [-0.2, -0.15) is 11.8 Å². The van der Waals surface area contributed by atoms with Crippen molar-refractivity contribution in [3.05, 3.63) is 35.9 Å². The predicted molar refractivity (Wildman–Crippen MR) is 135 cm³/mol. The first kappa shape index (κ1) is 31.4. The number of carbonyl (C=O) groups is 6. The van der Waals surface area contributed by atoms with Crippen LogP contribution in [0.2, 0.25) is 0 Å². The van der Waals surface area contributed by atoms with E-state index in [1.54, 1.807) is 36.6 Å². The Bertz CT molecular complexity index is 962. The quantitative estimate of drug-likeness (QED) is 0.122. The Kier molecular flexibility index (Phi) is 13.7. The number of rotatable bonds is 17. The van der Waals surface area contributed by atoms with Crippen molar-refractivity contribution in [1.29, 1.82) is 0 Å². The Balaban J connectivity index is 3.08. The molecule has 0 aliphatic rings. The molecule has 13 nitrogen and oxygen atoms in total. The molecule has 0 spiro atoms. The van der Waals surface area contributed by atoms with Gasteiger partial charge in [0.1, 0.15) is 18.1 Å². The molecule has 0 heterocycles. The molecule has 0 bridgehead atoms. The maximum absolute atomic E-state index is 13.0. The number of hydrogen-bond donors (Lipinski definition) is 7. The minimum atomic E-state index is -1.50. The molecule has 4 atom stereocenters. The lowest BCUT2D eigenvalue weighted by molar-refractivity contribution is -0.142. The Morgan fingerprint density at radius 1 is 0.865 bits per heavy atom. The molecule has 0 aromatic heterocycles. The molecule has 0 aliphatic carbocycles. The molecular formula is C23H33N5O8S. The summed E-state index contributed by atoms with van der Waals surface area (Å²) in [5.41, 5.74) is 11.5. The number of carboxylic acids is 2. The van der Waals surface area contributed by atoms with E-state index in [0.717, 1.165) is 0 Å². The fourth-order valence-electron chi connectivity index (χ4n) is 3.20. The smallest absolute Gasteiger partial charge is 0.326 e. The number of benzene rings is 1. The summed E-state index contributed by atoms with van der Waals surface area (Å²) in [4.78, 5) is 72.3. The van der Waals surface area contributed by atoms with Crippen molar-refractivity contribution in [3.8, 4) is 0 Å². The van der Waals surface area contributed by atoms with Gasteiger partial charge in [-0.05, 0) is 30.4 Å². The van der Waals surface area contributed by atoms with Crippen LogP contribution in [0.4, 0.5) is 0 Å². The molecule has 14 heteroatoms. The van der Waals surface area contributed by atoms with Crippen LogP contribution in [0, 0.1) is 0 Å². The first-order chi connectivity index (χ1) is 17.4. The van der Waals surface area contributed by atoms with Crippen molar-refractivity contribution in [2.75, 3.05) is 12.0 Å². The van der Waals surface area contributed by atoms with E-state index >= 15 is 0 Å². The summed E-state index contributed by atoms with van der Waals surface area (Å²) < 4.78 is 0. The zero-order valence-electron chi connectivity index (χ0n) is 20.3. The third-order valence-electron chi connectivity index (χ3n) is 5.19. The highest BCUT2D eigenvalue weighted by atomic mass is 32.2. The van der Waals surface area contributed by atoms with Crippen LogP contribution in [0.3, 0.4) is 0 Å². The van der Waals surface area contributed by atoms with Crippen LogP contribution >= 0.6 is 11.8 Å². The number of carbonyl (C=O) groups excluding carboxylic acids is 4. The highest BCUT2D eigenvalue weighted by molar-refractivity contribution is 7.98. The molecule has 4 amide bonds. The molecule has 37 heavy (non-hydrogen) atoms. The molecule has 0 radical (unpaired) electrons. The maximum Gasteiger partial charge on any atom is 0.326 e. The van der Waals surface area contributed by atoms with Gasteiger partial charge in [0.25, 0.3) is 0 Å². The number of carboxylic acid groups (broad SMARTS) is 2. The van der Waals surface area contributed by atoms with Crippen molar-refractivity contribution in [2.24, 2.45) is 11.5 Å². The van der Waals surface area contributed by atoms with Gasteiger partial charge in [-0.3, -0.25) is 24.0 Å². The fourth-order valence-corrected chi connectivity index (χ4v) is 3.67. The van der Waals surface area contributed by atoms with Crippen molar-refractivity contribution in [2.45, 2.75) is 56.3 Å². The normalized spacial score (nSPS) is 13.9. The summed E-state index contributed by atoms with van der Waals surface area (Å²) in [5.74, 6) is -5.43. The largest absolute Gasteiger partial charge is 0.481 e. The number of aliphatic carboxylic acids is 2. The monoisotopic (exact) mass is 539 g/mol. The Hall–Kier alpha value is -3.65. The van der Waals surface area contributed by atoms with E-state index in [9.17, 15) is 33.9 Å². The molecule has 9 N–H and O–H groups in total.